The molecule has 0 aliphatic carbocycles. The number of para-hydroxylation sites is 1. The molecule has 122 valence electrons. The Labute approximate surface area is 147 Å². The van der Waals surface area contributed by atoms with E-state index in [4.69, 9.17) is 26.5 Å². The fourth-order valence-corrected chi connectivity index (χ4v) is 3.28. The largest absolute Gasteiger partial charge is 0.439 e. The molecule has 5 nitrogen and oxygen atoms in total. The minimum Gasteiger partial charge on any atom is -0.439 e. The number of rotatable bonds is 1. The quantitative estimate of drug-likeness (QED) is 0.676. The van der Waals surface area contributed by atoms with E-state index in [0.717, 1.165) is 0 Å². The summed E-state index contributed by atoms with van der Waals surface area (Å²) in [4.78, 5) is 12.7. The van der Waals surface area contributed by atoms with Gasteiger partial charge in [-0.1, -0.05) is 35.9 Å². The molecule has 25 heavy (non-hydrogen) atoms. The van der Waals surface area contributed by atoms with Crippen LogP contribution in [0, 0.1) is 11.3 Å². The zero-order valence-electron chi connectivity index (χ0n) is 12.8. The highest BCUT2D eigenvalue weighted by atomic mass is 35.5. The lowest BCUT2D eigenvalue weighted by molar-refractivity contribution is 0.388. The Bertz CT molecular complexity index is 1140. The molecule has 0 fully saturated rings. The van der Waals surface area contributed by atoms with Gasteiger partial charge in [0.15, 0.2) is 5.75 Å². The van der Waals surface area contributed by atoms with Crippen molar-refractivity contribution in [3.8, 4) is 11.8 Å². The van der Waals surface area contributed by atoms with E-state index in [0.29, 0.717) is 27.3 Å². The summed E-state index contributed by atoms with van der Waals surface area (Å²) < 4.78 is 11.1. The van der Waals surface area contributed by atoms with E-state index >= 15 is 0 Å². The molecule has 0 saturated heterocycles. The SMILES string of the molecule is N#CC1=C(N)Oc2c(c(=O)oc3ccccc23)C1c1cccc(Cl)c1. The normalized spacial score (nSPS) is 16.2. The van der Waals surface area contributed by atoms with Crippen LogP contribution in [-0.2, 0) is 0 Å². The summed E-state index contributed by atoms with van der Waals surface area (Å²) in [5, 5.41) is 10.7. The minimum absolute atomic E-state index is 0.0317. The van der Waals surface area contributed by atoms with Gasteiger partial charge in [-0.3, -0.25) is 0 Å². The molecule has 0 radical (unpaired) electrons. The highest BCUT2D eigenvalue weighted by molar-refractivity contribution is 6.30. The number of fused-ring (bicyclic) bond motifs is 3. The molecule has 2 heterocycles. The standard InChI is InChI=1S/C19H11ClN2O3/c20-11-5-3-4-10(8-11)15-13(9-21)18(22)25-17-12-6-1-2-7-14(12)24-19(23)16(15)17/h1-8,15H,22H2. The van der Waals surface area contributed by atoms with Crippen LogP contribution in [-0.4, -0.2) is 0 Å². The zero-order valence-corrected chi connectivity index (χ0v) is 13.6. The molecule has 6 heteroatoms. The van der Waals surface area contributed by atoms with Crippen LogP contribution >= 0.6 is 11.6 Å². The molecule has 1 unspecified atom stereocenters. The van der Waals surface area contributed by atoms with Crippen molar-refractivity contribution < 1.29 is 9.15 Å². The first kappa shape index (κ1) is 15.3. The first-order valence-corrected chi connectivity index (χ1v) is 7.86. The molecule has 0 amide bonds. The second-order valence-corrected chi connectivity index (χ2v) is 6.04. The zero-order chi connectivity index (χ0) is 17.6. The predicted octanol–water partition coefficient (Wildman–Crippen LogP) is 3.66. The van der Waals surface area contributed by atoms with Crippen molar-refractivity contribution in [2.75, 3.05) is 0 Å². The maximum atomic E-state index is 12.7. The van der Waals surface area contributed by atoms with Gasteiger partial charge in [0, 0.05) is 5.02 Å². The van der Waals surface area contributed by atoms with Crippen LogP contribution in [0.1, 0.15) is 17.0 Å². The van der Waals surface area contributed by atoms with Gasteiger partial charge in [0.2, 0.25) is 5.88 Å². The highest BCUT2D eigenvalue weighted by Crippen LogP contribution is 2.43. The van der Waals surface area contributed by atoms with Gasteiger partial charge in [-0.05, 0) is 29.8 Å². The predicted molar refractivity (Wildman–Crippen MR) is 93.2 cm³/mol. The summed E-state index contributed by atoms with van der Waals surface area (Å²) in [5.41, 5.74) is 6.86. The van der Waals surface area contributed by atoms with Crippen LogP contribution in [0.2, 0.25) is 5.02 Å². The number of halogens is 1. The van der Waals surface area contributed by atoms with Crippen molar-refractivity contribution in [2.45, 2.75) is 5.92 Å². The fraction of sp³-hybridized carbons (Fsp3) is 0.0526. The number of hydrogen-bond acceptors (Lipinski definition) is 5. The van der Waals surface area contributed by atoms with Gasteiger partial charge in [0.05, 0.1) is 16.9 Å². The molecule has 0 saturated carbocycles. The molecule has 1 aliphatic heterocycles. The van der Waals surface area contributed by atoms with Crippen molar-refractivity contribution in [2.24, 2.45) is 5.73 Å². The Morgan fingerprint density at radius 3 is 2.72 bits per heavy atom. The van der Waals surface area contributed by atoms with Gasteiger partial charge >= 0.3 is 5.63 Å². The van der Waals surface area contributed by atoms with E-state index in [1.165, 1.54) is 0 Å². The summed E-state index contributed by atoms with van der Waals surface area (Å²) >= 11 is 6.09. The molecule has 1 aromatic heterocycles. The van der Waals surface area contributed by atoms with Gasteiger partial charge in [-0.2, -0.15) is 5.26 Å². The summed E-state index contributed by atoms with van der Waals surface area (Å²) in [7, 11) is 0. The second kappa shape index (κ2) is 5.69. The van der Waals surface area contributed by atoms with Crippen molar-refractivity contribution in [3.05, 3.63) is 86.6 Å². The monoisotopic (exact) mass is 350 g/mol. The van der Waals surface area contributed by atoms with E-state index in [9.17, 15) is 10.1 Å². The van der Waals surface area contributed by atoms with Crippen molar-refractivity contribution in [1.82, 2.24) is 0 Å². The van der Waals surface area contributed by atoms with Crippen LogP contribution in [0.5, 0.6) is 5.75 Å². The van der Waals surface area contributed by atoms with E-state index in [1.54, 1.807) is 48.5 Å². The molecule has 0 spiro atoms. The van der Waals surface area contributed by atoms with Crippen molar-refractivity contribution in [1.29, 1.82) is 5.26 Å². The molecule has 4 rings (SSSR count). The van der Waals surface area contributed by atoms with E-state index in [1.807, 2.05) is 6.07 Å². The third kappa shape index (κ3) is 2.35. The topological polar surface area (TPSA) is 89.3 Å². The minimum atomic E-state index is -0.701. The molecule has 2 aromatic carbocycles. The van der Waals surface area contributed by atoms with Crippen molar-refractivity contribution >= 4 is 22.6 Å². The van der Waals surface area contributed by atoms with Crippen molar-refractivity contribution in [3.63, 3.8) is 0 Å². The molecule has 1 atom stereocenters. The number of allylic oxidation sites excluding steroid dienone is 1. The fourth-order valence-electron chi connectivity index (χ4n) is 3.09. The first-order chi connectivity index (χ1) is 12.1. The molecule has 1 aliphatic rings. The summed E-state index contributed by atoms with van der Waals surface area (Å²) in [6, 6.07) is 16.0. The molecular weight excluding hydrogens is 340 g/mol. The summed E-state index contributed by atoms with van der Waals surface area (Å²) in [6.07, 6.45) is 0. The lowest BCUT2D eigenvalue weighted by atomic mass is 9.84. The lowest BCUT2D eigenvalue weighted by Crippen LogP contribution is -2.26. The van der Waals surface area contributed by atoms with Crippen LogP contribution in [0.3, 0.4) is 0 Å². The maximum absolute atomic E-state index is 12.7. The Hall–Kier alpha value is -3.23. The van der Waals surface area contributed by atoms with Gasteiger partial charge in [0.1, 0.15) is 17.2 Å². The average molecular weight is 351 g/mol. The third-order valence-corrected chi connectivity index (χ3v) is 4.39. The number of nitrogens with zero attached hydrogens (tertiary/aromatic N) is 1. The van der Waals surface area contributed by atoms with Gasteiger partial charge < -0.3 is 14.9 Å². The lowest BCUT2D eigenvalue weighted by Gasteiger charge is -2.26. The number of nitriles is 1. The first-order valence-electron chi connectivity index (χ1n) is 7.49. The third-order valence-electron chi connectivity index (χ3n) is 4.16. The molecule has 0 bridgehead atoms. The van der Waals surface area contributed by atoms with Crippen LogP contribution in [0.15, 0.2) is 69.2 Å². The number of ether oxygens (including phenoxy) is 1. The summed E-state index contributed by atoms with van der Waals surface area (Å²) in [5.74, 6) is -0.419. The number of nitrogens with two attached hydrogens (primary N) is 1. The second-order valence-electron chi connectivity index (χ2n) is 5.61. The van der Waals surface area contributed by atoms with Crippen LogP contribution < -0.4 is 16.1 Å². The summed E-state index contributed by atoms with van der Waals surface area (Å²) in [6.45, 7) is 0. The van der Waals surface area contributed by atoms with E-state index in [2.05, 4.69) is 0 Å². The smallest absolute Gasteiger partial charge is 0.344 e. The molecule has 2 N–H and O–H groups in total. The average Bonchev–Trinajstić information content (AvgIpc) is 2.60. The number of benzene rings is 2. The van der Waals surface area contributed by atoms with Crippen LogP contribution in [0.25, 0.3) is 11.0 Å². The highest BCUT2D eigenvalue weighted by Gasteiger charge is 2.35. The van der Waals surface area contributed by atoms with E-state index < -0.39 is 11.5 Å². The van der Waals surface area contributed by atoms with Gasteiger partial charge in [-0.15, -0.1) is 0 Å². The Morgan fingerprint density at radius 1 is 1.16 bits per heavy atom. The maximum Gasteiger partial charge on any atom is 0.344 e. The van der Waals surface area contributed by atoms with Gasteiger partial charge in [0.25, 0.3) is 0 Å². The number of hydrogen-bond donors (Lipinski definition) is 1. The van der Waals surface area contributed by atoms with Gasteiger partial charge in [-0.25, -0.2) is 4.79 Å². The molecular formula is C19H11ClN2O3. The van der Waals surface area contributed by atoms with Crippen LogP contribution in [0.4, 0.5) is 0 Å². The molecule has 3 aromatic rings. The Kier molecular flexibility index (Phi) is 3.48. The Balaban J connectivity index is 2.10. The Morgan fingerprint density at radius 2 is 1.96 bits per heavy atom. The van der Waals surface area contributed by atoms with E-state index in [-0.39, 0.29) is 17.0 Å².